The molecule has 4 N–H and O–H groups in total. The lowest BCUT2D eigenvalue weighted by molar-refractivity contribution is -0.130. The van der Waals surface area contributed by atoms with E-state index >= 15 is 0 Å². The van der Waals surface area contributed by atoms with Crippen molar-refractivity contribution in [2.45, 2.75) is 94.0 Å². The summed E-state index contributed by atoms with van der Waals surface area (Å²) in [6.45, 7) is 4.59. The van der Waals surface area contributed by atoms with Crippen molar-refractivity contribution in [3.8, 4) is 0 Å². The molecular weight excluding hydrogens is 476 g/mol. The van der Waals surface area contributed by atoms with Gasteiger partial charge in [-0.2, -0.15) is 0 Å². The quantitative estimate of drug-likeness (QED) is 0.510. The molecule has 9 heteroatoms. The maximum atomic E-state index is 14.3. The summed E-state index contributed by atoms with van der Waals surface area (Å²) in [7, 11) is -3.66. The summed E-state index contributed by atoms with van der Waals surface area (Å²) >= 11 is 0. The number of rotatable bonds is 7. The standard InChI is InChI=1S/C27H42N4O4S/c1-26(2,28)24(33)30-21(14-13-19-9-5-4-6-10-19)23(32)31-22-12-8-7-11-20(22)27(15-17-29-18-16-27)25(31)36(3,34)35/h7-8,11-12,19,21,25,29H,4-6,9-10,13-18,28H2,1-3H3,(H,30,33)/t21?,25-/m1/s1. The highest BCUT2D eigenvalue weighted by Crippen LogP contribution is 2.52. The molecule has 1 aliphatic carbocycles. The van der Waals surface area contributed by atoms with Gasteiger partial charge in [-0.1, -0.05) is 50.3 Å². The maximum Gasteiger partial charge on any atom is 0.250 e. The van der Waals surface area contributed by atoms with Crippen LogP contribution < -0.4 is 21.3 Å². The first-order chi connectivity index (χ1) is 16.9. The van der Waals surface area contributed by atoms with Gasteiger partial charge in [0.25, 0.3) is 5.91 Å². The SMILES string of the molecule is CC(C)(N)C(=O)NC(CCC1CCCCC1)C(=O)N1c2ccccc2C2(CCNCC2)[C@H]1S(C)(=O)=O. The van der Waals surface area contributed by atoms with Crippen molar-refractivity contribution in [2.75, 3.05) is 24.2 Å². The number of nitrogens with zero attached hydrogens (tertiary/aromatic N) is 1. The van der Waals surface area contributed by atoms with Crippen molar-refractivity contribution >= 4 is 27.3 Å². The summed E-state index contributed by atoms with van der Waals surface area (Å²) in [5.74, 6) is -0.254. The molecule has 1 unspecified atom stereocenters. The zero-order valence-corrected chi connectivity index (χ0v) is 22.7. The number of hydrogen-bond acceptors (Lipinski definition) is 6. The van der Waals surface area contributed by atoms with Gasteiger partial charge in [0, 0.05) is 17.4 Å². The summed E-state index contributed by atoms with van der Waals surface area (Å²) in [4.78, 5) is 28.7. The van der Waals surface area contributed by atoms with E-state index in [1.165, 1.54) is 30.4 Å². The summed E-state index contributed by atoms with van der Waals surface area (Å²) in [5.41, 5.74) is 5.79. The smallest absolute Gasteiger partial charge is 0.250 e. The fraction of sp³-hybridized carbons (Fsp3) is 0.704. The number of para-hydroxylation sites is 1. The Morgan fingerprint density at radius 3 is 2.42 bits per heavy atom. The number of carbonyl (C=O) groups excluding carboxylic acids is 2. The number of amides is 2. The molecule has 2 atom stereocenters. The lowest BCUT2D eigenvalue weighted by atomic mass is 9.74. The van der Waals surface area contributed by atoms with Crippen molar-refractivity contribution in [1.29, 1.82) is 0 Å². The second-order valence-corrected chi connectivity index (χ2v) is 13.7. The maximum absolute atomic E-state index is 14.3. The Kier molecular flexibility index (Phi) is 7.84. The third kappa shape index (κ3) is 5.34. The number of anilines is 1. The molecule has 2 amide bonds. The predicted octanol–water partition coefficient (Wildman–Crippen LogP) is 2.61. The molecule has 1 aromatic rings. The van der Waals surface area contributed by atoms with E-state index in [0.717, 1.165) is 24.8 Å². The number of fused-ring (bicyclic) bond motifs is 2. The predicted molar refractivity (Wildman–Crippen MR) is 142 cm³/mol. The first kappa shape index (κ1) is 27.1. The van der Waals surface area contributed by atoms with Crippen LogP contribution in [0.3, 0.4) is 0 Å². The van der Waals surface area contributed by atoms with Crippen LogP contribution >= 0.6 is 0 Å². The van der Waals surface area contributed by atoms with E-state index in [1.807, 2.05) is 24.3 Å². The van der Waals surface area contributed by atoms with E-state index < -0.39 is 38.1 Å². The molecule has 2 heterocycles. The summed E-state index contributed by atoms with van der Waals surface area (Å²) in [5, 5.41) is 5.24. The van der Waals surface area contributed by atoms with Gasteiger partial charge in [0.15, 0.2) is 9.84 Å². The van der Waals surface area contributed by atoms with Crippen LogP contribution in [0.25, 0.3) is 0 Å². The van der Waals surface area contributed by atoms with Crippen LogP contribution in [0.2, 0.25) is 0 Å². The van der Waals surface area contributed by atoms with Gasteiger partial charge in [-0.25, -0.2) is 8.42 Å². The van der Waals surface area contributed by atoms with Gasteiger partial charge >= 0.3 is 0 Å². The molecular formula is C27H42N4O4S. The average Bonchev–Trinajstić information content (AvgIpc) is 3.12. The van der Waals surface area contributed by atoms with Gasteiger partial charge in [0.05, 0.1) is 5.54 Å². The Labute approximate surface area is 215 Å². The van der Waals surface area contributed by atoms with Crippen molar-refractivity contribution < 1.29 is 18.0 Å². The number of piperidine rings is 1. The van der Waals surface area contributed by atoms with Crippen LogP contribution in [0.15, 0.2) is 24.3 Å². The lowest BCUT2D eigenvalue weighted by Gasteiger charge is -2.41. The third-order valence-electron chi connectivity index (χ3n) is 8.32. The van der Waals surface area contributed by atoms with Crippen LogP contribution in [0.4, 0.5) is 5.69 Å². The second kappa shape index (κ2) is 10.4. The van der Waals surface area contributed by atoms with Crippen LogP contribution in [0, 0.1) is 5.92 Å². The highest BCUT2D eigenvalue weighted by Gasteiger charge is 2.58. The molecule has 36 heavy (non-hydrogen) atoms. The van der Waals surface area contributed by atoms with Crippen molar-refractivity contribution in [1.82, 2.24) is 10.6 Å². The highest BCUT2D eigenvalue weighted by molar-refractivity contribution is 7.91. The van der Waals surface area contributed by atoms with E-state index in [4.69, 9.17) is 5.73 Å². The summed E-state index contributed by atoms with van der Waals surface area (Å²) in [6, 6.07) is 6.73. The van der Waals surface area contributed by atoms with E-state index in [2.05, 4.69) is 10.6 Å². The van der Waals surface area contributed by atoms with Crippen molar-refractivity contribution in [2.24, 2.45) is 11.7 Å². The fourth-order valence-electron chi connectivity index (χ4n) is 6.48. The number of carbonyl (C=O) groups is 2. The number of hydrogen-bond donors (Lipinski definition) is 3. The first-order valence-electron chi connectivity index (χ1n) is 13.4. The third-order valence-corrected chi connectivity index (χ3v) is 9.80. The Hall–Kier alpha value is -1.97. The molecule has 0 aromatic heterocycles. The van der Waals surface area contributed by atoms with Crippen LogP contribution in [-0.2, 0) is 24.8 Å². The van der Waals surface area contributed by atoms with Gasteiger partial charge in [0.1, 0.15) is 11.4 Å². The highest BCUT2D eigenvalue weighted by atomic mass is 32.2. The normalized spacial score (nSPS) is 23.3. The first-order valence-corrected chi connectivity index (χ1v) is 15.3. The molecule has 200 valence electrons. The zero-order valence-electron chi connectivity index (χ0n) is 21.9. The molecule has 2 fully saturated rings. The van der Waals surface area contributed by atoms with Crippen LogP contribution in [-0.4, -0.2) is 56.5 Å². The Morgan fingerprint density at radius 1 is 1.17 bits per heavy atom. The molecule has 1 spiro atoms. The van der Waals surface area contributed by atoms with Crippen LogP contribution in [0.1, 0.15) is 77.2 Å². The number of benzene rings is 1. The molecule has 0 bridgehead atoms. The van der Waals surface area contributed by atoms with Gasteiger partial charge in [-0.3, -0.25) is 14.5 Å². The topological polar surface area (TPSA) is 122 Å². The largest absolute Gasteiger partial charge is 0.343 e. The minimum Gasteiger partial charge on any atom is -0.343 e. The Bertz CT molecular complexity index is 1070. The minimum atomic E-state index is -3.66. The van der Waals surface area contributed by atoms with Crippen molar-refractivity contribution in [3.63, 3.8) is 0 Å². The second-order valence-electron chi connectivity index (χ2n) is 11.6. The molecule has 0 radical (unpaired) electrons. The molecule has 3 aliphatic rings. The van der Waals surface area contributed by atoms with E-state index in [1.54, 1.807) is 13.8 Å². The fourth-order valence-corrected chi connectivity index (χ4v) is 8.27. The molecule has 1 saturated heterocycles. The number of nitrogens with two attached hydrogens (primary N) is 1. The monoisotopic (exact) mass is 518 g/mol. The molecule has 4 rings (SSSR count). The van der Waals surface area contributed by atoms with Gasteiger partial charge in [-0.05, 0) is 70.2 Å². The summed E-state index contributed by atoms with van der Waals surface area (Å²) in [6.07, 6.45) is 9.65. The van der Waals surface area contributed by atoms with Gasteiger partial charge in [-0.15, -0.1) is 0 Å². The molecule has 8 nitrogen and oxygen atoms in total. The minimum absolute atomic E-state index is 0.360. The van der Waals surface area contributed by atoms with E-state index in [-0.39, 0.29) is 5.91 Å². The molecule has 1 aromatic carbocycles. The number of nitrogens with one attached hydrogen (secondary N) is 2. The van der Waals surface area contributed by atoms with Gasteiger partial charge in [0.2, 0.25) is 5.91 Å². The van der Waals surface area contributed by atoms with E-state index in [0.29, 0.717) is 44.0 Å². The lowest BCUT2D eigenvalue weighted by Crippen LogP contribution is -2.61. The Balaban J connectivity index is 1.72. The summed E-state index contributed by atoms with van der Waals surface area (Å²) < 4.78 is 26.8. The van der Waals surface area contributed by atoms with E-state index in [9.17, 15) is 18.0 Å². The number of sulfone groups is 1. The van der Waals surface area contributed by atoms with Crippen LogP contribution in [0.5, 0.6) is 0 Å². The average molecular weight is 519 g/mol. The Morgan fingerprint density at radius 2 is 1.81 bits per heavy atom. The van der Waals surface area contributed by atoms with Gasteiger partial charge < -0.3 is 16.4 Å². The zero-order chi connectivity index (χ0) is 26.1. The van der Waals surface area contributed by atoms with Crippen molar-refractivity contribution in [3.05, 3.63) is 29.8 Å². The molecule has 2 aliphatic heterocycles. The molecule has 1 saturated carbocycles.